The highest BCUT2D eigenvalue weighted by atomic mass is 35.5. The molecule has 0 bridgehead atoms. The lowest BCUT2D eigenvalue weighted by atomic mass is 10.1. The van der Waals surface area contributed by atoms with Crippen molar-refractivity contribution >= 4 is 23.2 Å². The molecular weight excluding hydrogens is 288 g/mol. The summed E-state index contributed by atoms with van der Waals surface area (Å²) in [6.45, 7) is 2.73. The number of carbonyl (C=O) groups is 1. The molecule has 21 heavy (non-hydrogen) atoms. The second kappa shape index (κ2) is 6.99. The van der Waals surface area contributed by atoms with E-state index in [4.69, 9.17) is 22.1 Å². The van der Waals surface area contributed by atoms with Gasteiger partial charge in [0.05, 0.1) is 5.56 Å². The quantitative estimate of drug-likeness (QED) is 0.833. The van der Waals surface area contributed by atoms with Gasteiger partial charge in [0.1, 0.15) is 12.4 Å². The summed E-state index contributed by atoms with van der Waals surface area (Å²) in [6.07, 6.45) is 0. The Morgan fingerprint density at radius 2 is 2.10 bits per heavy atom. The van der Waals surface area contributed by atoms with Crippen molar-refractivity contribution in [3.05, 3.63) is 58.6 Å². The van der Waals surface area contributed by atoms with Gasteiger partial charge in [-0.3, -0.25) is 4.79 Å². The van der Waals surface area contributed by atoms with E-state index >= 15 is 0 Å². The standard InChI is InChI=1S/C16H17ClN2O2/c1-2-19-16(20)14-7-6-13(18)9-15(14)21-10-11-4-3-5-12(17)8-11/h3-9H,2,10,18H2,1H3,(H,19,20). The number of amides is 1. The van der Waals surface area contributed by atoms with Crippen molar-refractivity contribution in [1.82, 2.24) is 5.32 Å². The summed E-state index contributed by atoms with van der Waals surface area (Å²) in [5.74, 6) is 0.277. The number of halogens is 1. The molecule has 2 aromatic carbocycles. The van der Waals surface area contributed by atoms with E-state index in [1.807, 2.05) is 25.1 Å². The molecule has 3 N–H and O–H groups in total. The highest BCUT2D eigenvalue weighted by Crippen LogP contribution is 2.23. The summed E-state index contributed by atoms with van der Waals surface area (Å²) in [4.78, 5) is 12.0. The molecule has 0 unspecified atom stereocenters. The van der Waals surface area contributed by atoms with Gasteiger partial charge in [0, 0.05) is 23.3 Å². The second-order valence-electron chi connectivity index (χ2n) is 4.53. The molecule has 0 atom stereocenters. The van der Waals surface area contributed by atoms with Crippen LogP contribution in [-0.2, 0) is 6.61 Å². The van der Waals surface area contributed by atoms with Crippen molar-refractivity contribution in [2.24, 2.45) is 0 Å². The number of benzene rings is 2. The van der Waals surface area contributed by atoms with Gasteiger partial charge >= 0.3 is 0 Å². The summed E-state index contributed by atoms with van der Waals surface area (Å²) >= 11 is 5.94. The lowest BCUT2D eigenvalue weighted by molar-refractivity contribution is 0.0951. The van der Waals surface area contributed by atoms with E-state index in [0.29, 0.717) is 35.2 Å². The maximum atomic E-state index is 12.0. The third-order valence-electron chi connectivity index (χ3n) is 2.87. The Hall–Kier alpha value is -2.20. The van der Waals surface area contributed by atoms with Crippen LogP contribution in [0.4, 0.5) is 5.69 Å². The largest absolute Gasteiger partial charge is 0.488 e. The molecule has 0 saturated carbocycles. The Kier molecular flexibility index (Phi) is 5.06. The number of anilines is 1. The molecule has 2 rings (SSSR count). The molecule has 0 radical (unpaired) electrons. The molecule has 0 aromatic heterocycles. The van der Waals surface area contributed by atoms with E-state index in [-0.39, 0.29) is 5.91 Å². The summed E-state index contributed by atoms with van der Waals surface area (Å²) < 4.78 is 5.73. The molecule has 5 heteroatoms. The van der Waals surface area contributed by atoms with E-state index < -0.39 is 0 Å². The molecule has 0 spiro atoms. The molecule has 1 amide bonds. The Morgan fingerprint density at radius 1 is 1.29 bits per heavy atom. The Labute approximate surface area is 128 Å². The fraction of sp³-hybridized carbons (Fsp3) is 0.188. The number of hydrogen-bond acceptors (Lipinski definition) is 3. The minimum absolute atomic E-state index is 0.182. The summed E-state index contributed by atoms with van der Waals surface area (Å²) in [6, 6.07) is 12.4. The van der Waals surface area contributed by atoms with Crippen LogP contribution in [0.15, 0.2) is 42.5 Å². The number of nitrogens with two attached hydrogens (primary N) is 1. The lowest BCUT2D eigenvalue weighted by Gasteiger charge is -2.12. The molecule has 0 aliphatic rings. The molecule has 0 fully saturated rings. The van der Waals surface area contributed by atoms with E-state index in [9.17, 15) is 4.79 Å². The van der Waals surface area contributed by atoms with Gasteiger partial charge in [-0.05, 0) is 36.8 Å². The van der Waals surface area contributed by atoms with Gasteiger partial charge in [-0.1, -0.05) is 23.7 Å². The minimum atomic E-state index is -0.182. The zero-order valence-electron chi connectivity index (χ0n) is 11.7. The van der Waals surface area contributed by atoms with Crippen molar-refractivity contribution in [1.29, 1.82) is 0 Å². The first-order valence-corrected chi connectivity index (χ1v) is 7.03. The number of hydrogen-bond donors (Lipinski definition) is 2. The zero-order valence-corrected chi connectivity index (χ0v) is 12.5. The molecule has 0 saturated heterocycles. The van der Waals surface area contributed by atoms with Crippen molar-refractivity contribution in [3.63, 3.8) is 0 Å². The summed E-state index contributed by atoms with van der Waals surface area (Å²) in [5.41, 5.74) is 7.70. The highest BCUT2D eigenvalue weighted by molar-refractivity contribution is 6.30. The predicted octanol–water partition coefficient (Wildman–Crippen LogP) is 3.25. The first-order chi connectivity index (χ1) is 10.1. The van der Waals surface area contributed by atoms with Gasteiger partial charge in [-0.15, -0.1) is 0 Å². The van der Waals surface area contributed by atoms with Gasteiger partial charge in [-0.25, -0.2) is 0 Å². The van der Waals surface area contributed by atoms with Gasteiger partial charge in [-0.2, -0.15) is 0 Å². The average Bonchev–Trinajstić information content (AvgIpc) is 2.45. The van der Waals surface area contributed by atoms with Gasteiger partial charge in [0.2, 0.25) is 0 Å². The van der Waals surface area contributed by atoms with Crippen molar-refractivity contribution in [3.8, 4) is 5.75 Å². The normalized spacial score (nSPS) is 10.2. The Morgan fingerprint density at radius 3 is 2.81 bits per heavy atom. The summed E-state index contributed by atoms with van der Waals surface area (Å²) in [7, 11) is 0. The number of carbonyl (C=O) groups excluding carboxylic acids is 1. The van der Waals surface area contributed by atoms with Crippen LogP contribution in [0.1, 0.15) is 22.8 Å². The molecule has 0 heterocycles. The van der Waals surface area contributed by atoms with Crippen LogP contribution >= 0.6 is 11.6 Å². The maximum Gasteiger partial charge on any atom is 0.255 e. The Bertz CT molecular complexity index is 644. The highest BCUT2D eigenvalue weighted by Gasteiger charge is 2.12. The minimum Gasteiger partial charge on any atom is -0.488 e. The fourth-order valence-corrected chi connectivity index (χ4v) is 2.10. The molecule has 0 aliphatic heterocycles. The van der Waals surface area contributed by atoms with Crippen LogP contribution in [0.5, 0.6) is 5.75 Å². The first kappa shape index (κ1) is 15.2. The number of nitrogens with one attached hydrogen (secondary N) is 1. The Balaban J connectivity index is 2.18. The van der Waals surface area contributed by atoms with Crippen LogP contribution in [0.25, 0.3) is 0 Å². The SMILES string of the molecule is CCNC(=O)c1ccc(N)cc1OCc1cccc(Cl)c1. The maximum absolute atomic E-state index is 12.0. The molecule has 0 aliphatic carbocycles. The first-order valence-electron chi connectivity index (χ1n) is 6.65. The number of rotatable bonds is 5. The van der Waals surface area contributed by atoms with E-state index in [2.05, 4.69) is 5.32 Å². The molecule has 110 valence electrons. The molecular formula is C16H17ClN2O2. The van der Waals surface area contributed by atoms with Gasteiger partial charge < -0.3 is 15.8 Å². The van der Waals surface area contributed by atoms with Crippen LogP contribution < -0.4 is 15.8 Å². The predicted molar refractivity (Wildman–Crippen MR) is 84.6 cm³/mol. The third-order valence-corrected chi connectivity index (χ3v) is 3.11. The molecule has 2 aromatic rings. The van der Waals surface area contributed by atoms with Gasteiger partial charge in [0.25, 0.3) is 5.91 Å². The van der Waals surface area contributed by atoms with Crippen LogP contribution in [0.3, 0.4) is 0 Å². The number of nitrogen functional groups attached to an aromatic ring is 1. The van der Waals surface area contributed by atoms with E-state index in [1.165, 1.54) is 0 Å². The monoisotopic (exact) mass is 304 g/mol. The smallest absolute Gasteiger partial charge is 0.255 e. The van der Waals surface area contributed by atoms with Gasteiger partial charge in [0.15, 0.2) is 0 Å². The molecule has 4 nitrogen and oxygen atoms in total. The average molecular weight is 305 g/mol. The topological polar surface area (TPSA) is 64.4 Å². The van der Waals surface area contributed by atoms with Crippen molar-refractivity contribution in [2.45, 2.75) is 13.5 Å². The van der Waals surface area contributed by atoms with Crippen molar-refractivity contribution < 1.29 is 9.53 Å². The fourth-order valence-electron chi connectivity index (χ4n) is 1.89. The third kappa shape index (κ3) is 4.13. The second-order valence-corrected chi connectivity index (χ2v) is 4.97. The van der Waals surface area contributed by atoms with E-state index in [0.717, 1.165) is 5.56 Å². The zero-order chi connectivity index (χ0) is 15.2. The number of ether oxygens (including phenoxy) is 1. The lowest BCUT2D eigenvalue weighted by Crippen LogP contribution is -2.23. The van der Waals surface area contributed by atoms with Crippen LogP contribution in [-0.4, -0.2) is 12.5 Å². The van der Waals surface area contributed by atoms with Crippen molar-refractivity contribution in [2.75, 3.05) is 12.3 Å². The van der Waals surface area contributed by atoms with Crippen LogP contribution in [0, 0.1) is 0 Å². The van der Waals surface area contributed by atoms with Crippen LogP contribution in [0.2, 0.25) is 5.02 Å². The van der Waals surface area contributed by atoms with E-state index in [1.54, 1.807) is 24.3 Å². The summed E-state index contributed by atoms with van der Waals surface area (Å²) in [5, 5.41) is 3.39.